The number of para-hydroxylation sites is 2. The number of ether oxygens (including phenoxy) is 1. The number of imidazole rings is 1. The van der Waals surface area contributed by atoms with Gasteiger partial charge in [0.2, 0.25) is 0 Å². The molecule has 0 unspecified atom stereocenters. The monoisotopic (exact) mass is 304 g/mol. The van der Waals surface area contributed by atoms with Crippen molar-refractivity contribution in [1.29, 1.82) is 0 Å². The van der Waals surface area contributed by atoms with Crippen LogP contribution in [-0.2, 0) is 11.3 Å². The Morgan fingerprint density at radius 3 is 2.80 bits per heavy atom. The van der Waals surface area contributed by atoms with E-state index in [0.717, 1.165) is 22.3 Å². The Morgan fingerprint density at radius 1 is 1.20 bits per heavy atom. The quantitative estimate of drug-likeness (QED) is 0.723. The van der Waals surface area contributed by atoms with Gasteiger partial charge in [0.25, 0.3) is 0 Å². The predicted molar refractivity (Wildman–Crippen MR) is 84.2 cm³/mol. The summed E-state index contributed by atoms with van der Waals surface area (Å²) in [4.78, 5) is 3.19. The Bertz CT molecular complexity index is 822. The highest BCUT2D eigenvalue weighted by Gasteiger charge is 2.12. The van der Waals surface area contributed by atoms with Crippen LogP contribution in [0.25, 0.3) is 16.7 Å². The zero-order valence-electron chi connectivity index (χ0n) is 10.9. The van der Waals surface area contributed by atoms with Gasteiger partial charge in [-0.1, -0.05) is 35.9 Å². The van der Waals surface area contributed by atoms with Gasteiger partial charge in [-0.05, 0) is 30.4 Å². The van der Waals surface area contributed by atoms with Gasteiger partial charge in [-0.15, -0.1) is 0 Å². The normalized spacial score (nSPS) is 11.1. The Balaban J connectivity index is 2.35. The number of fused-ring (bicyclic) bond motifs is 1. The number of aromatic nitrogens is 2. The summed E-state index contributed by atoms with van der Waals surface area (Å²) in [5.41, 5.74) is 3.86. The minimum absolute atomic E-state index is 0.523. The van der Waals surface area contributed by atoms with Crippen molar-refractivity contribution < 1.29 is 4.74 Å². The second kappa shape index (κ2) is 5.40. The molecule has 20 heavy (non-hydrogen) atoms. The molecular weight excluding hydrogens is 292 g/mol. The molecule has 0 saturated heterocycles. The molecule has 0 aliphatic rings. The van der Waals surface area contributed by atoms with Gasteiger partial charge in [-0.25, -0.2) is 0 Å². The number of hydrogen-bond donors (Lipinski definition) is 1. The Kier molecular flexibility index (Phi) is 3.61. The SMILES string of the molecule is COCc1ccccc1-n1c(=S)[nH]c2cccc(Cl)c21. The third-order valence-corrected chi connectivity index (χ3v) is 3.78. The van der Waals surface area contributed by atoms with E-state index in [1.807, 2.05) is 47.0 Å². The summed E-state index contributed by atoms with van der Waals surface area (Å²) in [5, 5.41) is 0.669. The van der Waals surface area contributed by atoms with Crippen LogP contribution in [-0.4, -0.2) is 16.7 Å². The van der Waals surface area contributed by atoms with Crippen LogP contribution in [0.2, 0.25) is 5.02 Å². The molecule has 1 aromatic heterocycles. The van der Waals surface area contributed by atoms with Crippen molar-refractivity contribution in [2.75, 3.05) is 7.11 Å². The molecule has 0 saturated carbocycles. The summed E-state index contributed by atoms with van der Waals surface area (Å²) in [6.07, 6.45) is 0. The lowest BCUT2D eigenvalue weighted by Gasteiger charge is -2.11. The zero-order valence-corrected chi connectivity index (χ0v) is 12.5. The third kappa shape index (κ3) is 2.16. The van der Waals surface area contributed by atoms with Gasteiger partial charge in [-0.2, -0.15) is 0 Å². The fourth-order valence-electron chi connectivity index (χ4n) is 2.35. The lowest BCUT2D eigenvalue weighted by Crippen LogP contribution is -2.01. The van der Waals surface area contributed by atoms with Gasteiger partial charge in [0.1, 0.15) is 0 Å². The van der Waals surface area contributed by atoms with Crippen LogP contribution in [0.1, 0.15) is 5.56 Å². The molecule has 3 aromatic rings. The molecule has 3 nitrogen and oxygen atoms in total. The summed E-state index contributed by atoms with van der Waals surface area (Å²) in [5.74, 6) is 0. The van der Waals surface area contributed by atoms with Crippen LogP contribution in [0.3, 0.4) is 0 Å². The maximum Gasteiger partial charge on any atom is 0.182 e. The van der Waals surface area contributed by atoms with Crippen LogP contribution < -0.4 is 0 Å². The molecule has 1 heterocycles. The predicted octanol–water partition coefficient (Wildman–Crippen LogP) is 4.49. The van der Waals surface area contributed by atoms with Gasteiger partial charge in [0.05, 0.1) is 28.4 Å². The van der Waals surface area contributed by atoms with Gasteiger partial charge < -0.3 is 9.72 Å². The lowest BCUT2D eigenvalue weighted by atomic mass is 10.2. The topological polar surface area (TPSA) is 29.9 Å². The highest BCUT2D eigenvalue weighted by Crippen LogP contribution is 2.28. The minimum atomic E-state index is 0.523. The number of nitrogens with zero attached hydrogens (tertiary/aromatic N) is 1. The number of benzene rings is 2. The number of methoxy groups -OCH3 is 1. The van der Waals surface area contributed by atoms with Crippen molar-refractivity contribution in [2.24, 2.45) is 0 Å². The second-order valence-corrected chi connectivity index (χ2v) is 5.26. The van der Waals surface area contributed by atoms with Crippen LogP contribution in [0.4, 0.5) is 0 Å². The molecule has 102 valence electrons. The highest BCUT2D eigenvalue weighted by atomic mass is 35.5. The number of halogens is 1. The first-order valence-electron chi connectivity index (χ1n) is 6.19. The summed E-state index contributed by atoms with van der Waals surface area (Å²) < 4.78 is 7.84. The molecule has 3 rings (SSSR count). The molecule has 0 fully saturated rings. The zero-order chi connectivity index (χ0) is 14.1. The number of nitrogens with one attached hydrogen (secondary N) is 1. The van der Waals surface area contributed by atoms with E-state index in [1.165, 1.54) is 0 Å². The maximum absolute atomic E-state index is 6.34. The lowest BCUT2D eigenvalue weighted by molar-refractivity contribution is 0.185. The Hall–Kier alpha value is -1.62. The molecule has 2 aromatic carbocycles. The van der Waals surface area contributed by atoms with Gasteiger partial charge >= 0.3 is 0 Å². The van der Waals surface area contributed by atoms with Gasteiger partial charge in [0.15, 0.2) is 4.77 Å². The standard InChI is InChI=1S/C15H13ClN2OS/c1-19-9-10-5-2-3-8-13(10)18-14-11(16)6-4-7-12(14)17-15(18)20/h2-8H,9H2,1H3,(H,17,20). The van der Waals surface area contributed by atoms with E-state index in [2.05, 4.69) is 4.98 Å². The molecule has 0 aliphatic carbocycles. The van der Waals surface area contributed by atoms with Crippen molar-refractivity contribution in [1.82, 2.24) is 9.55 Å². The van der Waals surface area contributed by atoms with Crippen molar-refractivity contribution in [2.45, 2.75) is 6.61 Å². The largest absolute Gasteiger partial charge is 0.380 e. The van der Waals surface area contributed by atoms with Crippen molar-refractivity contribution in [3.63, 3.8) is 0 Å². The van der Waals surface area contributed by atoms with E-state index in [9.17, 15) is 0 Å². The molecule has 0 amide bonds. The summed E-state index contributed by atoms with van der Waals surface area (Å²) in [7, 11) is 1.68. The first-order valence-corrected chi connectivity index (χ1v) is 6.97. The molecule has 0 spiro atoms. The molecule has 0 aliphatic heterocycles. The molecule has 1 N–H and O–H groups in total. The van der Waals surface area contributed by atoms with Crippen LogP contribution >= 0.6 is 23.8 Å². The van der Waals surface area contributed by atoms with E-state index in [4.69, 9.17) is 28.6 Å². The third-order valence-electron chi connectivity index (χ3n) is 3.19. The average molecular weight is 305 g/mol. The van der Waals surface area contributed by atoms with E-state index in [0.29, 0.717) is 16.4 Å². The minimum Gasteiger partial charge on any atom is -0.380 e. The van der Waals surface area contributed by atoms with Crippen LogP contribution in [0.5, 0.6) is 0 Å². The first-order chi connectivity index (χ1) is 9.72. The van der Waals surface area contributed by atoms with E-state index in [-0.39, 0.29) is 0 Å². The van der Waals surface area contributed by atoms with Crippen molar-refractivity contribution in [3.8, 4) is 5.69 Å². The fraction of sp³-hybridized carbons (Fsp3) is 0.133. The van der Waals surface area contributed by atoms with Gasteiger partial charge in [0, 0.05) is 12.7 Å². The fourth-order valence-corrected chi connectivity index (χ4v) is 2.91. The molecule has 0 atom stereocenters. The summed E-state index contributed by atoms with van der Waals surface area (Å²) >= 11 is 11.8. The van der Waals surface area contributed by atoms with Crippen LogP contribution in [0, 0.1) is 4.77 Å². The van der Waals surface area contributed by atoms with E-state index < -0.39 is 0 Å². The summed E-state index contributed by atoms with van der Waals surface area (Å²) in [6, 6.07) is 13.7. The second-order valence-electron chi connectivity index (χ2n) is 4.46. The van der Waals surface area contributed by atoms with E-state index >= 15 is 0 Å². The number of hydrogen-bond acceptors (Lipinski definition) is 2. The van der Waals surface area contributed by atoms with Crippen molar-refractivity contribution in [3.05, 3.63) is 57.8 Å². The Labute approximate surface area is 126 Å². The highest BCUT2D eigenvalue weighted by molar-refractivity contribution is 7.71. The smallest absolute Gasteiger partial charge is 0.182 e. The van der Waals surface area contributed by atoms with Crippen molar-refractivity contribution >= 4 is 34.9 Å². The number of H-pyrrole nitrogens is 1. The van der Waals surface area contributed by atoms with Gasteiger partial charge in [-0.3, -0.25) is 4.57 Å². The first kappa shape index (κ1) is 13.4. The van der Waals surface area contributed by atoms with Crippen LogP contribution in [0.15, 0.2) is 42.5 Å². The number of rotatable bonds is 3. The molecule has 5 heteroatoms. The molecular formula is C15H13ClN2OS. The summed E-state index contributed by atoms with van der Waals surface area (Å²) in [6.45, 7) is 0.523. The maximum atomic E-state index is 6.34. The molecule has 0 bridgehead atoms. The number of aromatic amines is 1. The van der Waals surface area contributed by atoms with E-state index in [1.54, 1.807) is 7.11 Å². The Morgan fingerprint density at radius 2 is 2.00 bits per heavy atom. The average Bonchev–Trinajstić information content (AvgIpc) is 2.77. The molecule has 0 radical (unpaired) electrons.